The minimum Gasteiger partial charge on any atom is -0.379 e. The summed E-state index contributed by atoms with van der Waals surface area (Å²) < 4.78 is 5.61. The van der Waals surface area contributed by atoms with Gasteiger partial charge in [-0.1, -0.05) is 11.8 Å². The van der Waals surface area contributed by atoms with Gasteiger partial charge in [0.15, 0.2) is 5.17 Å². The Morgan fingerprint density at radius 1 is 1.33 bits per heavy atom. The molecule has 3 fully saturated rings. The second kappa shape index (κ2) is 4.82. The fourth-order valence-corrected chi connectivity index (χ4v) is 3.56. The number of ether oxygens (including phenoxy) is 1. The van der Waals surface area contributed by atoms with Crippen LogP contribution in [0.3, 0.4) is 0 Å². The molecule has 2 bridgehead atoms. The van der Waals surface area contributed by atoms with Crippen LogP contribution >= 0.6 is 28.7 Å². The summed E-state index contributed by atoms with van der Waals surface area (Å²) in [5, 5.41) is 7.03. The molecule has 0 aliphatic carbocycles. The molecule has 100 valence electrons. The summed E-state index contributed by atoms with van der Waals surface area (Å²) >= 11 is 1.00. The van der Waals surface area contributed by atoms with E-state index in [0.29, 0.717) is 0 Å². The number of amides is 2. The second-order valence-corrected chi connectivity index (χ2v) is 5.57. The monoisotopic (exact) mass is 335 g/mol. The summed E-state index contributed by atoms with van der Waals surface area (Å²) in [6.07, 6.45) is 1.60. The molecule has 3 saturated heterocycles. The first-order chi connectivity index (χ1) is 8.09. The molecule has 3 aliphatic heterocycles. The lowest BCUT2D eigenvalue weighted by molar-refractivity contribution is -0.141. The van der Waals surface area contributed by atoms with Crippen LogP contribution in [0.1, 0.15) is 12.8 Å². The lowest BCUT2D eigenvalue weighted by atomic mass is 9.81. The van der Waals surface area contributed by atoms with Gasteiger partial charge in [-0.25, -0.2) is 0 Å². The predicted octanol–water partition coefficient (Wildman–Crippen LogP) is 0.311. The van der Waals surface area contributed by atoms with Gasteiger partial charge in [-0.2, -0.15) is 0 Å². The largest absolute Gasteiger partial charge is 0.379 e. The number of nitrogens with zero attached hydrogens (tertiary/aromatic N) is 1. The summed E-state index contributed by atoms with van der Waals surface area (Å²) in [4.78, 5) is 25.4. The third kappa shape index (κ3) is 1.86. The van der Waals surface area contributed by atoms with Crippen LogP contribution in [0.25, 0.3) is 0 Å². The lowest BCUT2D eigenvalue weighted by Crippen LogP contribution is -2.34. The molecule has 3 heterocycles. The highest BCUT2D eigenvalue weighted by atomic mass is 79.9. The minimum absolute atomic E-state index is 0. The van der Waals surface area contributed by atoms with Gasteiger partial charge in [0.05, 0.1) is 29.9 Å². The van der Waals surface area contributed by atoms with Gasteiger partial charge >= 0.3 is 0 Å². The van der Waals surface area contributed by atoms with Crippen LogP contribution in [-0.4, -0.2) is 40.0 Å². The third-order valence-corrected chi connectivity index (χ3v) is 4.42. The molecule has 4 unspecified atom stereocenters. The van der Waals surface area contributed by atoms with E-state index in [1.165, 1.54) is 4.90 Å². The van der Waals surface area contributed by atoms with Crippen LogP contribution in [-0.2, 0) is 14.3 Å². The smallest absolute Gasteiger partial charge is 0.236 e. The molecular formula is C10H14BrN3O3S. The van der Waals surface area contributed by atoms with E-state index in [2.05, 4.69) is 0 Å². The highest BCUT2D eigenvalue weighted by Crippen LogP contribution is 2.48. The zero-order valence-corrected chi connectivity index (χ0v) is 12.0. The summed E-state index contributed by atoms with van der Waals surface area (Å²) in [6.45, 7) is 0. The molecule has 0 aromatic rings. The van der Waals surface area contributed by atoms with Gasteiger partial charge < -0.3 is 10.5 Å². The number of imide groups is 1. The number of likely N-dealkylation sites (tertiary alicyclic amines) is 1. The van der Waals surface area contributed by atoms with Crippen LogP contribution in [0, 0.1) is 17.2 Å². The van der Waals surface area contributed by atoms with Gasteiger partial charge in [-0.05, 0) is 12.8 Å². The highest BCUT2D eigenvalue weighted by Gasteiger charge is 2.62. The van der Waals surface area contributed by atoms with E-state index in [1.54, 1.807) is 0 Å². The number of rotatable bonds is 2. The Morgan fingerprint density at radius 3 is 2.28 bits per heavy atom. The fourth-order valence-electron chi connectivity index (χ4n) is 3.04. The van der Waals surface area contributed by atoms with Crippen molar-refractivity contribution in [3.05, 3.63) is 0 Å². The van der Waals surface area contributed by atoms with Crippen molar-refractivity contribution in [1.82, 2.24) is 4.90 Å². The summed E-state index contributed by atoms with van der Waals surface area (Å²) in [5.74, 6) is -0.719. The van der Waals surface area contributed by atoms with Crippen molar-refractivity contribution in [3.8, 4) is 0 Å². The topological polar surface area (TPSA) is 96.5 Å². The zero-order chi connectivity index (χ0) is 12.2. The van der Waals surface area contributed by atoms with Crippen LogP contribution in [0.4, 0.5) is 0 Å². The molecule has 0 saturated carbocycles. The number of nitrogens with one attached hydrogen (secondary N) is 1. The fraction of sp³-hybridized carbons (Fsp3) is 0.700. The van der Waals surface area contributed by atoms with E-state index in [4.69, 9.17) is 15.9 Å². The maximum absolute atomic E-state index is 12.1. The molecule has 3 N–H and O–H groups in total. The average molecular weight is 336 g/mol. The van der Waals surface area contributed by atoms with Crippen molar-refractivity contribution in [3.63, 3.8) is 0 Å². The van der Waals surface area contributed by atoms with Crippen molar-refractivity contribution in [1.29, 1.82) is 5.41 Å². The first kappa shape index (κ1) is 13.8. The van der Waals surface area contributed by atoms with E-state index >= 15 is 0 Å². The number of carbonyl (C=O) groups excluding carboxylic acids is 2. The van der Waals surface area contributed by atoms with Gasteiger partial charge in [0.25, 0.3) is 0 Å². The van der Waals surface area contributed by atoms with Crippen molar-refractivity contribution in [2.75, 3.05) is 5.88 Å². The van der Waals surface area contributed by atoms with E-state index < -0.39 is 0 Å². The van der Waals surface area contributed by atoms with E-state index in [-0.39, 0.29) is 63.9 Å². The number of hydrogen-bond acceptors (Lipinski definition) is 5. The third-order valence-electron chi connectivity index (χ3n) is 3.72. The first-order valence-corrected chi connectivity index (χ1v) is 6.55. The van der Waals surface area contributed by atoms with Gasteiger partial charge in [0, 0.05) is 0 Å². The van der Waals surface area contributed by atoms with Gasteiger partial charge in [-0.3, -0.25) is 19.9 Å². The van der Waals surface area contributed by atoms with E-state index in [0.717, 1.165) is 24.6 Å². The Labute approximate surface area is 119 Å². The maximum Gasteiger partial charge on any atom is 0.236 e. The quantitative estimate of drug-likeness (QED) is 0.430. The number of hydrogen-bond donors (Lipinski definition) is 2. The number of halogens is 1. The number of thioether (sulfide) groups is 1. The van der Waals surface area contributed by atoms with Gasteiger partial charge in [0.2, 0.25) is 11.8 Å². The average Bonchev–Trinajstić information content (AvgIpc) is 2.92. The number of carbonyl (C=O) groups is 2. The molecule has 0 aromatic carbocycles. The molecule has 0 aromatic heterocycles. The highest BCUT2D eigenvalue weighted by molar-refractivity contribution is 8.93. The molecule has 3 aliphatic rings. The molecule has 0 spiro atoms. The first-order valence-electron chi connectivity index (χ1n) is 5.57. The second-order valence-electron chi connectivity index (χ2n) is 4.58. The van der Waals surface area contributed by atoms with Crippen molar-refractivity contribution >= 4 is 45.7 Å². The maximum atomic E-state index is 12.1. The lowest BCUT2D eigenvalue weighted by Gasteiger charge is -2.16. The molecule has 2 amide bonds. The molecule has 8 heteroatoms. The number of amidine groups is 1. The molecule has 0 radical (unpaired) electrons. The number of nitrogens with two attached hydrogens (primary N) is 1. The summed E-state index contributed by atoms with van der Waals surface area (Å²) in [7, 11) is 0. The molecule has 6 nitrogen and oxygen atoms in total. The van der Waals surface area contributed by atoms with Crippen molar-refractivity contribution < 1.29 is 14.3 Å². The van der Waals surface area contributed by atoms with Crippen LogP contribution < -0.4 is 5.73 Å². The Bertz CT molecular complexity index is 391. The Hall–Kier alpha value is -0.600. The summed E-state index contributed by atoms with van der Waals surface area (Å²) in [5.41, 5.74) is 5.22. The Morgan fingerprint density at radius 2 is 1.83 bits per heavy atom. The van der Waals surface area contributed by atoms with Crippen LogP contribution in [0.15, 0.2) is 0 Å². The van der Waals surface area contributed by atoms with E-state index in [1.807, 2.05) is 0 Å². The van der Waals surface area contributed by atoms with Gasteiger partial charge in [-0.15, -0.1) is 17.0 Å². The predicted molar refractivity (Wildman–Crippen MR) is 71.4 cm³/mol. The minimum atomic E-state index is -0.284. The van der Waals surface area contributed by atoms with Crippen LogP contribution in [0.5, 0.6) is 0 Å². The van der Waals surface area contributed by atoms with E-state index in [9.17, 15) is 9.59 Å². The summed E-state index contributed by atoms with van der Waals surface area (Å²) in [6, 6.07) is 0. The standard InChI is InChI=1S/C10H13N3O3S.BrH/c11-10(12)17-3-13-8(14)6-4-1-2-5(16-4)7(6)9(13)15;/h4-7H,1-3H2,(H3,11,12);1H. The van der Waals surface area contributed by atoms with Crippen molar-refractivity contribution in [2.45, 2.75) is 25.0 Å². The van der Waals surface area contributed by atoms with Gasteiger partial charge in [0.1, 0.15) is 0 Å². The Kier molecular flexibility index (Phi) is 3.70. The molecular weight excluding hydrogens is 322 g/mol. The van der Waals surface area contributed by atoms with Crippen LogP contribution in [0.2, 0.25) is 0 Å². The number of fused-ring (bicyclic) bond motifs is 5. The zero-order valence-electron chi connectivity index (χ0n) is 9.50. The Balaban J connectivity index is 0.00000120. The SMILES string of the molecule is Br.N=C(N)SCN1C(=O)C2C3CCC(O3)C2C1=O. The molecule has 3 rings (SSSR count). The molecule has 18 heavy (non-hydrogen) atoms. The molecule has 4 atom stereocenters. The van der Waals surface area contributed by atoms with Crippen molar-refractivity contribution in [2.24, 2.45) is 17.6 Å². The normalized spacial score (nSPS) is 36.8.